The number of aromatic amines is 1. The average Bonchev–Trinajstić information content (AvgIpc) is 3.72. The summed E-state index contributed by atoms with van der Waals surface area (Å²) in [4.78, 5) is 47.9. The van der Waals surface area contributed by atoms with E-state index in [0.717, 1.165) is 23.4 Å². The van der Waals surface area contributed by atoms with E-state index < -0.39 is 47.1 Å². The molecule has 2 aromatic carbocycles. The number of rotatable bonds is 16. The van der Waals surface area contributed by atoms with E-state index >= 15 is 0 Å². The molecule has 3 heterocycles. The van der Waals surface area contributed by atoms with Crippen molar-refractivity contribution in [2.24, 2.45) is 5.92 Å². The molecule has 2 aromatic heterocycles. The zero-order chi connectivity index (χ0) is 37.2. The number of nitrogens with one attached hydrogen (secondary N) is 1. The Balaban J connectivity index is 1.24. The molecule has 52 heavy (non-hydrogen) atoms. The first-order valence-electron chi connectivity index (χ1n) is 16.0. The first-order chi connectivity index (χ1) is 24.8. The molecular formula is C34H32Cl2F2N5O8S+. The lowest BCUT2D eigenvalue weighted by atomic mass is 10.0. The predicted octanol–water partition coefficient (Wildman–Crippen LogP) is 4.98. The van der Waals surface area contributed by atoms with Gasteiger partial charge in [0.2, 0.25) is 10.0 Å². The van der Waals surface area contributed by atoms with Gasteiger partial charge >= 0.3 is 12.6 Å². The standard InChI is InChI=1S/C34H31Cl2F2N5O8S/c1-52(47,48)43(11-10-41-9-8-39-19-41)22-5-6-23-24(13-22)33(46)42(32(23)45)17-31(44)50-29(14-25-26(35)15-40-16-27(25)36)21-4-7-28(51-34(37)38)30(12-21)49-18-20-2-3-20/h4-9,12-13,15-16,19-20,29,34H,2-3,10-11,14,17-18H2,1H3/p+1/t29-/m0/s1. The van der Waals surface area contributed by atoms with Gasteiger partial charge in [-0.25, -0.2) is 18.4 Å². The van der Waals surface area contributed by atoms with Gasteiger partial charge in [0.1, 0.15) is 22.7 Å². The summed E-state index contributed by atoms with van der Waals surface area (Å²) in [6, 6.07) is 8.13. The summed E-state index contributed by atoms with van der Waals surface area (Å²) in [7, 11) is -3.80. The topological polar surface area (TPSA) is 151 Å². The minimum absolute atomic E-state index is 0.00801. The summed E-state index contributed by atoms with van der Waals surface area (Å²) >= 11 is 12.8. The van der Waals surface area contributed by atoms with E-state index in [1.165, 1.54) is 55.1 Å². The Bertz CT molecular complexity index is 2080. The van der Waals surface area contributed by atoms with Crippen LogP contribution in [-0.2, 0) is 32.5 Å². The lowest BCUT2D eigenvalue weighted by Crippen LogP contribution is -2.36. The number of anilines is 1. The normalized spacial score (nSPS) is 14.8. The van der Waals surface area contributed by atoms with E-state index in [2.05, 4.69) is 14.7 Å². The van der Waals surface area contributed by atoms with E-state index in [9.17, 15) is 31.6 Å². The number of amides is 2. The van der Waals surface area contributed by atoms with Crippen molar-refractivity contribution in [1.29, 1.82) is 0 Å². The number of alkyl halides is 2. The van der Waals surface area contributed by atoms with Crippen molar-refractivity contribution in [3.63, 3.8) is 0 Å². The monoisotopic (exact) mass is 778 g/mol. The summed E-state index contributed by atoms with van der Waals surface area (Å²) in [6.45, 7) is -3.36. The predicted molar refractivity (Wildman–Crippen MR) is 183 cm³/mol. The van der Waals surface area contributed by atoms with Crippen LogP contribution in [0.2, 0.25) is 10.0 Å². The molecule has 0 bridgehead atoms. The van der Waals surface area contributed by atoms with Gasteiger partial charge in [-0.1, -0.05) is 29.3 Å². The molecule has 2 aliphatic rings. The molecule has 1 N–H and O–H groups in total. The summed E-state index contributed by atoms with van der Waals surface area (Å²) in [6.07, 6.45) is 9.39. The van der Waals surface area contributed by atoms with Gasteiger partial charge in [-0.05, 0) is 54.7 Å². The van der Waals surface area contributed by atoms with Crippen molar-refractivity contribution in [3.05, 3.63) is 99.8 Å². The van der Waals surface area contributed by atoms with E-state index in [4.69, 9.17) is 32.7 Å². The fourth-order valence-electron chi connectivity index (χ4n) is 5.62. The Labute approximate surface area is 307 Å². The molecule has 2 amide bonds. The molecule has 18 heteroatoms. The molecule has 4 aromatic rings. The smallest absolute Gasteiger partial charge is 0.387 e. The molecule has 1 atom stereocenters. The lowest BCUT2D eigenvalue weighted by molar-refractivity contribution is -0.377. The maximum Gasteiger partial charge on any atom is 0.387 e. The quantitative estimate of drug-likeness (QED) is 0.113. The Kier molecular flexibility index (Phi) is 11.0. The number of ether oxygens (including phenoxy) is 3. The second-order valence-corrected chi connectivity index (χ2v) is 14.9. The van der Waals surface area contributed by atoms with Crippen molar-refractivity contribution in [1.82, 2.24) is 14.5 Å². The highest BCUT2D eigenvalue weighted by Gasteiger charge is 2.38. The Morgan fingerprint density at radius 1 is 1.06 bits per heavy atom. The van der Waals surface area contributed by atoms with Gasteiger partial charge < -0.3 is 18.8 Å². The third kappa shape index (κ3) is 8.62. The molecule has 6 rings (SSSR count). The van der Waals surface area contributed by atoms with Crippen molar-refractivity contribution in [2.45, 2.75) is 38.5 Å². The molecule has 0 unspecified atom stereocenters. The van der Waals surface area contributed by atoms with Crippen molar-refractivity contribution < 1.29 is 50.8 Å². The Hall–Kier alpha value is -4.80. The van der Waals surface area contributed by atoms with Crippen LogP contribution >= 0.6 is 23.2 Å². The number of carbonyl (C=O) groups is 3. The van der Waals surface area contributed by atoms with Crippen LogP contribution in [0.5, 0.6) is 11.5 Å². The summed E-state index contributed by atoms with van der Waals surface area (Å²) < 4.78 is 70.9. The highest BCUT2D eigenvalue weighted by molar-refractivity contribution is 7.92. The Morgan fingerprint density at radius 3 is 2.44 bits per heavy atom. The first-order valence-corrected chi connectivity index (χ1v) is 18.6. The van der Waals surface area contributed by atoms with Crippen LogP contribution < -0.4 is 18.8 Å². The molecular weight excluding hydrogens is 747 g/mol. The van der Waals surface area contributed by atoms with E-state index in [1.54, 1.807) is 17.0 Å². The number of nitrogens with zero attached hydrogens (tertiary/aromatic N) is 4. The average molecular weight is 780 g/mol. The second-order valence-electron chi connectivity index (χ2n) is 12.2. The van der Waals surface area contributed by atoms with Crippen molar-refractivity contribution in [2.75, 3.05) is 30.3 Å². The van der Waals surface area contributed by atoms with Crippen molar-refractivity contribution in [3.8, 4) is 11.5 Å². The van der Waals surface area contributed by atoms with Crippen LogP contribution in [0.25, 0.3) is 0 Å². The van der Waals surface area contributed by atoms with Crippen LogP contribution in [0.15, 0.2) is 67.5 Å². The largest absolute Gasteiger partial charge is 0.489 e. The molecule has 0 radical (unpaired) electrons. The first kappa shape index (κ1) is 37.0. The second kappa shape index (κ2) is 15.4. The number of fused-ring (bicyclic) bond motifs is 1. The molecule has 13 nitrogen and oxygen atoms in total. The van der Waals surface area contributed by atoms with Crippen LogP contribution in [0.1, 0.15) is 50.8 Å². The molecule has 1 aliphatic heterocycles. The van der Waals surface area contributed by atoms with Gasteiger partial charge in [0, 0.05) is 30.9 Å². The molecule has 1 saturated carbocycles. The number of carbonyl (C=O) groups excluding carboxylic acids is 3. The molecule has 0 saturated heterocycles. The zero-order valence-corrected chi connectivity index (χ0v) is 29.8. The number of halogens is 4. The molecule has 0 spiro atoms. The molecule has 1 fully saturated rings. The number of pyridine rings is 1. The maximum absolute atomic E-state index is 13.5. The van der Waals surface area contributed by atoms with Crippen LogP contribution in [0, 0.1) is 5.92 Å². The van der Waals surface area contributed by atoms with Crippen molar-refractivity contribution >= 4 is 56.7 Å². The number of imide groups is 1. The number of aromatic nitrogens is 3. The van der Waals surface area contributed by atoms with Crippen LogP contribution in [-0.4, -0.2) is 73.2 Å². The van der Waals surface area contributed by atoms with Gasteiger partial charge in [-0.2, -0.15) is 8.78 Å². The Morgan fingerprint density at radius 2 is 1.79 bits per heavy atom. The number of hydrogen-bond acceptors (Lipinski definition) is 9. The lowest BCUT2D eigenvalue weighted by Gasteiger charge is -2.23. The molecule has 274 valence electrons. The number of benzene rings is 2. The van der Waals surface area contributed by atoms with E-state index in [0.29, 0.717) is 16.0 Å². The minimum atomic E-state index is -3.80. The van der Waals surface area contributed by atoms with E-state index in [-0.39, 0.29) is 70.4 Å². The highest BCUT2D eigenvalue weighted by atomic mass is 35.5. The van der Waals surface area contributed by atoms with Gasteiger partial charge in [0.15, 0.2) is 23.9 Å². The molecule has 1 aliphatic carbocycles. The number of esters is 1. The number of hydrogen-bond donors (Lipinski definition) is 0. The van der Waals surface area contributed by atoms with E-state index in [1.807, 2.05) is 0 Å². The highest BCUT2D eigenvalue weighted by Crippen LogP contribution is 2.38. The fourth-order valence-corrected chi connectivity index (χ4v) is 7.06. The number of H-pyrrole nitrogens is 1. The summed E-state index contributed by atoms with van der Waals surface area (Å²) in [5, 5.41) is 0.446. The van der Waals surface area contributed by atoms with Crippen LogP contribution in [0.3, 0.4) is 0 Å². The van der Waals surface area contributed by atoms with Gasteiger partial charge in [0.25, 0.3) is 11.8 Å². The maximum atomic E-state index is 13.5. The van der Waals surface area contributed by atoms with Gasteiger partial charge in [-0.15, -0.1) is 0 Å². The number of imidazole rings is 1. The minimum Gasteiger partial charge on any atom is -0.489 e. The third-order valence-corrected chi connectivity index (χ3v) is 10.3. The fraction of sp³-hybridized carbons (Fsp3) is 0.324. The summed E-state index contributed by atoms with van der Waals surface area (Å²) in [5.74, 6) is -2.51. The summed E-state index contributed by atoms with van der Waals surface area (Å²) in [5.41, 5.74) is 0.746. The number of sulfonamides is 1. The van der Waals surface area contributed by atoms with Crippen LogP contribution in [0.4, 0.5) is 14.5 Å². The third-order valence-electron chi connectivity index (χ3n) is 8.44. The van der Waals surface area contributed by atoms with Gasteiger partial charge in [-0.3, -0.25) is 23.6 Å². The SMILES string of the molecule is CS(=O)(=O)N(CCn1ccnc1)c1ccc2c(c1)C(=O)N(CC(=O)O[C@@H](Cc1c(Cl)c[nH+]cc1Cl)c1ccc(OC(F)F)c(OCC3CC3)c1)C2=O. The van der Waals surface area contributed by atoms with Gasteiger partial charge in [0.05, 0.1) is 42.5 Å². The zero-order valence-electron chi connectivity index (χ0n) is 27.5.